The van der Waals surface area contributed by atoms with Crippen LogP contribution in [0.3, 0.4) is 0 Å². The molecular formula is C25H31ClF3N3O2S. The molecule has 2 atom stereocenters. The number of carbonyl (C=O) groups excluding carboxylic acids is 1. The van der Waals surface area contributed by atoms with Gasteiger partial charge in [-0.1, -0.05) is 17.7 Å². The molecule has 2 aromatic rings. The van der Waals surface area contributed by atoms with Gasteiger partial charge in [-0.25, -0.2) is 0 Å². The van der Waals surface area contributed by atoms with Crippen LogP contribution in [0.25, 0.3) is 0 Å². The number of rotatable bonds is 9. The second-order valence-electron chi connectivity index (χ2n) is 8.97. The van der Waals surface area contributed by atoms with E-state index in [0.29, 0.717) is 21.2 Å². The van der Waals surface area contributed by atoms with Crippen molar-refractivity contribution in [3.05, 3.63) is 63.7 Å². The lowest BCUT2D eigenvalue weighted by Crippen LogP contribution is -2.37. The molecule has 1 aliphatic rings. The number of amides is 1. The Morgan fingerprint density at radius 2 is 1.97 bits per heavy atom. The number of hydrogen-bond acceptors (Lipinski definition) is 4. The minimum absolute atomic E-state index is 0.00353. The maximum Gasteiger partial charge on any atom is 0.416 e. The zero-order chi connectivity index (χ0) is 25.8. The van der Waals surface area contributed by atoms with E-state index in [1.165, 1.54) is 12.1 Å². The molecule has 5 nitrogen and oxygen atoms in total. The molecule has 0 aromatic heterocycles. The Labute approximate surface area is 212 Å². The van der Waals surface area contributed by atoms with Crippen LogP contribution in [-0.2, 0) is 30.4 Å². The van der Waals surface area contributed by atoms with Gasteiger partial charge in [0.25, 0.3) is 5.91 Å². The Morgan fingerprint density at radius 1 is 1.23 bits per heavy atom. The van der Waals surface area contributed by atoms with E-state index in [4.69, 9.17) is 11.6 Å². The predicted molar refractivity (Wildman–Crippen MR) is 133 cm³/mol. The molecule has 1 N–H and O–H groups in total. The fourth-order valence-electron chi connectivity index (χ4n) is 4.41. The molecule has 3 rings (SSSR count). The number of carbonyl (C=O) groups is 1. The average molecular weight is 530 g/mol. The smallest absolute Gasteiger partial charge is 0.416 e. The Kier molecular flexibility index (Phi) is 9.51. The van der Waals surface area contributed by atoms with Crippen molar-refractivity contribution in [3.63, 3.8) is 0 Å². The first-order chi connectivity index (χ1) is 16.5. The van der Waals surface area contributed by atoms with Crippen molar-refractivity contribution in [2.24, 2.45) is 0 Å². The van der Waals surface area contributed by atoms with E-state index in [-0.39, 0.29) is 30.3 Å². The van der Waals surface area contributed by atoms with E-state index in [1.54, 1.807) is 25.1 Å². The molecule has 1 unspecified atom stereocenters. The van der Waals surface area contributed by atoms with Crippen LogP contribution in [0.4, 0.5) is 13.2 Å². The summed E-state index contributed by atoms with van der Waals surface area (Å²) < 4.78 is 54.1. The van der Waals surface area contributed by atoms with Crippen LogP contribution in [-0.4, -0.2) is 59.2 Å². The summed E-state index contributed by atoms with van der Waals surface area (Å²) in [5.74, 6) is -0.243. The summed E-state index contributed by atoms with van der Waals surface area (Å²) in [6.45, 7) is 3.50. The van der Waals surface area contributed by atoms with Gasteiger partial charge in [-0.05, 0) is 87.5 Å². The third-order valence-corrected chi connectivity index (χ3v) is 7.74. The van der Waals surface area contributed by atoms with Crippen molar-refractivity contribution in [3.8, 4) is 0 Å². The average Bonchev–Trinajstić information content (AvgIpc) is 3.22. The third kappa shape index (κ3) is 7.36. The molecule has 1 saturated heterocycles. The van der Waals surface area contributed by atoms with Crippen LogP contribution >= 0.6 is 11.6 Å². The molecule has 1 amide bonds. The highest BCUT2D eigenvalue weighted by atomic mass is 35.5. The number of halogens is 4. The van der Waals surface area contributed by atoms with Gasteiger partial charge in [0.2, 0.25) is 0 Å². The number of likely N-dealkylation sites (tertiary alicyclic amines) is 1. The first kappa shape index (κ1) is 27.8. The lowest BCUT2D eigenvalue weighted by atomic mass is 10.0. The highest BCUT2D eigenvalue weighted by molar-refractivity contribution is 7.91. The van der Waals surface area contributed by atoms with E-state index in [0.717, 1.165) is 32.0 Å². The quantitative estimate of drug-likeness (QED) is 0.467. The van der Waals surface area contributed by atoms with Gasteiger partial charge < -0.3 is 14.8 Å². The van der Waals surface area contributed by atoms with E-state index in [2.05, 4.69) is 10.2 Å². The molecule has 0 radical (unpaired) electrons. The Balaban J connectivity index is 1.79. The molecule has 0 bridgehead atoms. The van der Waals surface area contributed by atoms with Crippen molar-refractivity contribution < 1.29 is 22.5 Å². The third-order valence-electron chi connectivity index (χ3n) is 6.10. The normalized spacial score (nSPS) is 17.7. The Hall–Kier alpha value is -1.78. The van der Waals surface area contributed by atoms with Crippen LogP contribution in [0.15, 0.2) is 41.3 Å². The summed E-state index contributed by atoms with van der Waals surface area (Å²) >= 11 is 4.79. The first-order valence-corrected chi connectivity index (χ1v) is 13.2. The van der Waals surface area contributed by atoms with E-state index in [1.807, 2.05) is 19.0 Å². The number of benzene rings is 2. The lowest BCUT2D eigenvalue weighted by Gasteiger charge is -2.28. The first-order valence-electron chi connectivity index (χ1n) is 11.5. The molecule has 0 saturated carbocycles. The minimum atomic E-state index is -4.58. The number of nitrogens with one attached hydrogen (secondary N) is 1. The summed E-state index contributed by atoms with van der Waals surface area (Å²) in [7, 11) is 3.91. The van der Waals surface area contributed by atoms with Crippen LogP contribution in [0.1, 0.15) is 46.8 Å². The summed E-state index contributed by atoms with van der Waals surface area (Å²) in [4.78, 5) is 17.4. The minimum Gasteiger partial charge on any atom is -0.611 e. The van der Waals surface area contributed by atoms with Crippen LogP contribution in [0.2, 0.25) is 5.02 Å². The molecule has 0 spiro atoms. The van der Waals surface area contributed by atoms with Crippen LogP contribution in [0, 0.1) is 0 Å². The zero-order valence-electron chi connectivity index (χ0n) is 20.1. The number of alkyl halides is 3. The molecule has 10 heteroatoms. The lowest BCUT2D eigenvalue weighted by molar-refractivity contribution is -0.138. The van der Waals surface area contributed by atoms with Gasteiger partial charge in [0.15, 0.2) is 4.90 Å². The number of hydrogen-bond donors (Lipinski definition) is 1. The van der Waals surface area contributed by atoms with Gasteiger partial charge in [0.05, 0.1) is 5.56 Å². The number of likely N-dealkylation sites (N-methyl/N-ethyl adjacent to an activating group) is 1. The van der Waals surface area contributed by atoms with Crippen molar-refractivity contribution in [2.75, 3.05) is 32.9 Å². The van der Waals surface area contributed by atoms with Crippen molar-refractivity contribution >= 4 is 28.7 Å². The monoisotopic (exact) mass is 529 g/mol. The molecule has 2 aromatic carbocycles. The summed E-state index contributed by atoms with van der Waals surface area (Å²) in [5.41, 5.74) is -0.140. The highest BCUT2D eigenvalue weighted by Gasteiger charge is 2.35. The van der Waals surface area contributed by atoms with Gasteiger partial charge in [0, 0.05) is 41.8 Å². The predicted octanol–water partition coefficient (Wildman–Crippen LogP) is 4.94. The fraction of sp³-hybridized carbons (Fsp3) is 0.480. The van der Waals surface area contributed by atoms with Crippen LogP contribution in [0.5, 0.6) is 0 Å². The van der Waals surface area contributed by atoms with Crippen molar-refractivity contribution in [1.29, 1.82) is 0 Å². The maximum atomic E-state index is 13.9. The van der Waals surface area contributed by atoms with Gasteiger partial charge in [-0.15, -0.1) is 0 Å². The molecule has 1 fully saturated rings. The van der Waals surface area contributed by atoms with E-state index < -0.39 is 28.8 Å². The molecule has 35 heavy (non-hydrogen) atoms. The van der Waals surface area contributed by atoms with Gasteiger partial charge in [0.1, 0.15) is 5.75 Å². The molecule has 0 aliphatic carbocycles. The summed E-state index contributed by atoms with van der Waals surface area (Å²) in [6.07, 6.45) is -2.68. The maximum absolute atomic E-state index is 13.9. The van der Waals surface area contributed by atoms with Crippen molar-refractivity contribution in [2.45, 2.75) is 50.0 Å². The standard InChI is InChI=1S/C25H31ClF3N3O2S/c1-4-35(34)23-10-9-20(26)12-19(23)14-30-24(33)17-7-8-18(22(13-17)25(27,28)29)15-32-11-5-6-21(32)16-31(2)3/h7-10,12-13,21H,4-6,11,14-16H2,1-3H3,(H,30,33)/t21-,35?/m0/s1. The van der Waals surface area contributed by atoms with Gasteiger partial charge >= 0.3 is 6.18 Å². The molecule has 1 aliphatic heterocycles. The molecular weight excluding hydrogens is 499 g/mol. The second-order valence-corrected chi connectivity index (χ2v) is 11.1. The number of nitrogens with zero attached hydrogens (tertiary/aromatic N) is 2. The topological polar surface area (TPSA) is 58.6 Å². The Morgan fingerprint density at radius 3 is 2.63 bits per heavy atom. The molecule has 1 heterocycles. The van der Waals surface area contributed by atoms with Gasteiger partial charge in [-0.3, -0.25) is 9.69 Å². The summed E-state index contributed by atoms with van der Waals surface area (Å²) in [6, 6.07) is 8.82. The Bertz CT molecular complexity index is 1040. The SMILES string of the molecule is CC[S+]([O-])c1ccc(Cl)cc1CNC(=O)c1ccc(CN2CCC[C@H]2CN(C)C)c(C(F)(F)F)c1. The second kappa shape index (κ2) is 12.0. The fourth-order valence-corrected chi connectivity index (χ4v) is 5.56. The van der Waals surface area contributed by atoms with E-state index in [9.17, 15) is 22.5 Å². The highest BCUT2D eigenvalue weighted by Crippen LogP contribution is 2.34. The summed E-state index contributed by atoms with van der Waals surface area (Å²) in [5, 5.41) is 3.07. The largest absolute Gasteiger partial charge is 0.611 e. The van der Waals surface area contributed by atoms with Gasteiger partial charge in [-0.2, -0.15) is 13.2 Å². The van der Waals surface area contributed by atoms with Crippen LogP contribution < -0.4 is 5.32 Å². The molecule has 192 valence electrons. The zero-order valence-corrected chi connectivity index (χ0v) is 21.7. The van der Waals surface area contributed by atoms with Crippen molar-refractivity contribution in [1.82, 2.24) is 15.1 Å². The van der Waals surface area contributed by atoms with E-state index >= 15 is 0 Å².